The second kappa shape index (κ2) is 5.75. The third kappa shape index (κ3) is 3.74. The Balaban J connectivity index is 2.09. The summed E-state index contributed by atoms with van der Waals surface area (Å²) in [4.78, 5) is 0. The van der Waals surface area contributed by atoms with Gasteiger partial charge in [-0.15, -0.1) is 0 Å². The van der Waals surface area contributed by atoms with E-state index < -0.39 is 17.6 Å². The molecule has 114 valence electrons. The molecule has 0 fully saturated rings. The maximum absolute atomic E-state index is 13.2. The zero-order valence-corrected chi connectivity index (χ0v) is 11.6. The minimum atomic E-state index is -4.71. The van der Waals surface area contributed by atoms with E-state index in [0.29, 0.717) is 5.69 Å². The normalized spacial score (nSPS) is 12.0. The molecule has 0 unspecified atom stereocenters. The number of hydrogen-bond acceptors (Lipinski definition) is 2. The Bertz CT molecular complexity index is 617. The molecule has 2 aromatic rings. The number of aromatic nitrogens is 2. The van der Waals surface area contributed by atoms with Crippen molar-refractivity contribution in [3.63, 3.8) is 0 Å². The van der Waals surface area contributed by atoms with Crippen LogP contribution in [0.2, 0.25) is 0 Å². The molecule has 0 saturated carbocycles. The lowest BCUT2D eigenvalue weighted by Gasteiger charge is -2.11. The molecule has 1 N–H and O–H groups in total. The molecule has 0 bridgehead atoms. The first-order chi connectivity index (χ1) is 9.77. The number of halogens is 4. The van der Waals surface area contributed by atoms with Crippen LogP contribution >= 0.6 is 0 Å². The maximum Gasteiger partial charge on any atom is 0.419 e. The van der Waals surface area contributed by atoms with Gasteiger partial charge in [0.1, 0.15) is 5.82 Å². The molecule has 0 radical (unpaired) electrons. The smallest absolute Gasteiger partial charge is 0.379 e. The summed E-state index contributed by atoms with van der Waals surface area (Å²) in [6, 6.07) is 4.82. The van der Waals surface area contributed by atoms with Crippen molar-refractivity contribution in [3.8, 4) is 0 Å². The summed E-state index contributed by atoms with van der Waals surface area (Å²) in [6.07, 6.45) is -2.91. The van der Waals surface area contributed by atoms with E-state index in [1.54, 1.807) is 16.9 Å². The van der Waals surface area contributed by atoms with Gasteiger partial charge in [0.15, 0.2) is 0 Å². The fourth-order valence-corrected chi connectivity index (χ4v) is 1.80. The first-order valence-electron chi connectivity index (χ1n) is 6.42. The Kier molecular flexibility index (Phi) is 4.20. The number of hydrogen-bond donors (Lipinski definition) is 1. The van der Waals surface area contributed by atoms with Crippen LogP contribution in [0.25, 0.3) is 0 Å². The predicted octanol–water partition coefficient (Wildman–Crippen LogP) is 4.23. The van der Waals surface area contributed by atoms with Crippen LogP contribution in [-0.2, 0) is 12.7 Å². The summed E-state index contributed by atoms with van der Waals surface area (Å²) in [5.41, 5.74) is -0.385. The largest absolute Gasteiger partial charge is 0.419 e. The topological polar surface area (TPSA) is 29.9 Å². The van der Waals surface area contributed by atoms with Gasteiger partial charge < -0.3 is 5.32 Å². The molecule has 0 spiro atoms. The second-order valence-corrected chi connectivity index (χ2v) is 4.93. The van der Waals surface area contributed by atoms with Gasteiger partial charge in [-0.2, -0.15) is 18.3 Å². The van der Waals surface area contributed by atoms with E-state index in [0.717, 1.165) is 12.1 Å². The Morgan fingerprint density at radius 1 is 1.24 bits per heavy atom. The number of benzene rings is 1. The van der Waals surface area contributed by atoms with Crippen molar-refractivity contribution in [2.45, 2.75) is 32.6 Å². The van der Waals surface area contributed by atoms with Gasteiger partial charge in [-0.25, -0.2) is 4.39 Å². The Morgan fingerprint density at radius 3 is 2.52 bits per heavy atom. The SMILES string of the molecule is CC(C)n1ccc(CNc2ccc(F)c(C(F)(F)F)c2)n1. The second-order valence-electron chi connectivity index (χ2n) is 4.93. The van der Waals surface area contributed by atoms with Gasteiger partial charge in [0, 0.05) is 17.9 Å². The van der Waals surface area contributed by atoms with Gasteiger partial charge >= 0.3 is 6.18 Å². The molecule has 21 heavy (non-hydrogen) atoms. The molecule has 0 saturated heterocycles. The van der Waals surface area contributed by atoms with Crippen LogP contribution < -0.4 is 5.32 Å². The van der Waals surface area contributed by atoms with Crippen molar-refractivity contribution in [1.82, 2.24) is 9.78 Å². The first-order valence-corrected chi connectivity index (χ1v) is 6.42. The van der Waals surface area contributed by atoms with E-state index in [2.05, 4.69) is 10.4 Å². The third-order valence-corrected chi connectivity index (χ3v) is 2.94. The van der Waals surface area contributed by atoms with Crippen molar-refractivity contribution in [2.75, 3.05) is 5.32 Å². The number of alkyl halides is 3. The van der Waals surface area contributed by atoms with E-state index in [4.69, 9.17) is 0 Å². The van der Waals surface area contributed by atoms with E-state index >= 15 is 0 Å². The van der Waals surface area contributed by atoms with Gasteiger partial charge in [0.25, 0.3) is 0 Å². The monoisotopic (exact) mass is 301 g/mol. The van der Waals surface area contributed by atoms with Gasteiger partial charge in [0.05, 0.1) is 17.8 Å². The summed E-state index contributed by atoms with van der Waals surface area (Å²) < 4.78 is 52.7. The minimum absolute atomic E-state index is 0.197. The van der Waals surface area contributed by atoms with E-state index in [1.165, 1.54) is 6.07 Å². The van der Waals surface area contributed by atoms with E-state index in [9.17, 15) is 17.6 Å². The molecule has 3 nitrogen and oxygen atoms in total. The van der Waals surface area contributed by atoms with Crippen molar-refractivity contribution in [2.24, 2.45) is 0 Å². The molecule has 0 aliphatic rings. The number of nitrogens with one attached hydrogen (secondary N) is 1. The molecule has 1 aromatic heterocycles. The third-order valence-electron chi connectivity index (χ3n) is 2.94. The van der Waals surface area contributed by atoms with E-state index in [1.807, 2.05) is 13.8 Å². The highest BCUT2D eigenvalue weighted by atomic mass is 19.4. The van der Waals surface area contributed by atoms with Crippen molar-refractivity contribution < 1.29 is 17.6 Å². The van der Waals surface area contributed by atoms with Crippen LogP contribution in [0.5, 0.6) is 0 Å². The van der Waals surface area contributed by atoms with Crippen LogP contribution in [0.3, 0.4) is 0 Å². The van der Waals surface area contributed by atoms with Crippen LogP contribution in [0, 0.1) is 5.82 Å². The van der Waals surface area contributed by atoms with Gasteiger partial charge in [-0.1, -0.05) is 0 Å². The molecular weight excluding hydrogens is 286 g/mol. The zero-order chi connectivity index (χ0) is 15.6. The van der Waals surface area contributed by atoms with Crippen molar-refractivity contribution in [3.05, 3.63) is 47.5 Å². The predicted molar refractivity (Wildman–Crippen MR) is 71.3 cm³/mol. The summed E-state index contributed by atoms with van der Waals surface area (Å²) >= 11 is 0. The quantitative estimate of drug-likeness (QED) is 0.856. The fourth-order valence-electron chi connectivity index (χ4n) is 1.80. The molecule has 0 aliphatic heterocycles. The zero-order valence-electron chi connectivity index (χ0n) is 11.6. The highest BCUT2D eigenvalue weighted by Crippen LogP contribution is 2.33. The number of nitrogens with zero attached hydrogens (tertiary/aromatic N) is 2. The van der Waals surface area contributed by atoms with Gasteiger partial charge in [-0.05, 0) is 38.1 Å². The summed E-state index contributed by atoms with van der Waals surface area (Å²) in [5, 5.41) is 7.08. The molecule has 7 heteroatoms. The van der Waals surface area contributed by atoms with Crippen LogP contribution in [-0.4, -0.2) is 9.78 Å². The molecular formula is C14H15F4N3. The number of anilines is 1. The molecule has 0 aliphatic carbocycles. The summed E-state index contributed by atoms with van der Waals surface area (Å²) in [5.74, 6) is -1.28. The van der Waals surface area contributed by atoms with Crippen LogP contribution in [0.1, 0.15) is 31.1 Å². The van der Waals surface area contributed by atoms with Gasteiger partial charge in [0.2, 0.25) is 0 Å². The lowest BCUT2D eigenvalue weighted by Crippen LogP contribution is -2.10. The molecule has 0 amide bonds. The Morgan fingerprint density at radius 2 is 1.95 bits per heavy atom. The van der Waals surface area contributed by atoms with Crippen molar-refractivity contribution in [1.29, 1.82) is 0 Å². The Labute approximate surface area is 119 Å². The minimum Gasteiger partial charge on any atom is -0.379 e. The van der Waals surface area contributed by atoms with Crippen LogP contribution in [0.15, 0.2) is 30.5 Å². The van der Waals surface area contributed by atoms with E-state index in [-0.39, 0.29) is 18.3 Å². The molecule has 2 rings (SSSR count). The summed E-state index contributed by atoms with van der Waals surface area (Å²) in [6.45, 7) is 4.21. The molecule has 0 atom stereocenters. The lowest BCUT2D eigenvalue weighted by atomic mass is 10.2. The number of rotatable bonds is 4. The average molecular weight is 301 g/mol. The maximum atomic E-state index is 13.2. The Hall–Kier alpha value is -2.05. The fraction of sp³-hybridized carbons (Fsp3) is 0.357. The molecule has 1 aromatic carbocycles. The first kappa shape index (κ1) is 15.3. The highest BCUT2D eigenvalue weighted by Gasteiger charge is 2.34. The van der Waals surface area contributed by atoms with Gasteiger partial charge in [-0.3, -0.25) is 4.68 Å². The average Bonchev–Trinajstić information content (AvgIpc) is 2.85. The van der Waals surface area contributed by atoms with Crippen molar-refractivity contribution >= 4 is 5.69 Å². The summed E-state index contributed by atoms with van der Waals surface area (Å²) in [7, 11) is 0. The standard InChI is InChI=1S/C14H15F4N3/c1-9(2)21-6-5-11(20-21)8-19-10-3-4-13(15)12(7-10)14(16,17)18/h3-7,9,19H,8H2,1-2H3. The molecule has 1 heterocycles. The van der Waals surface area contributed by atoms with Crippen LogP contribution in [0.4, 0.5) is 23.2 Å². The lowest BCUT2D eigenvalue weighted by molar-refractivity contribution is -0.139. The highest BCUT2D eigenvalue weighted by molar-refractivity contribution is 5.47.